The summed E-state index contributed by atoms with van der Waals surface area (Å²) in [6.07, 6.45) is 0. The summed E-state index contributed by atoms with van der Waals surface area (Å²) in [5, 5.41) is 1.62. The number of benzene rings is 2. The summed E-state index contributed by atoms with van der Waals surface area (Å²) in [7, 11) is -8.12. The second-order valence-electron chi connectivity index (χ2n) is 6.06. The number of hydrogen-bond donors (Lipinski definition) is 3. The number of rotatable bonds is 8. The van der Waals surface area contributed by atoms with Crippen LogP contribution in [0.3, 0.4) is 0 Å². The minimum absolute atomic E-state index is 0.0132. The van der Waals surface area contributed by atoms with Gasteiger partial charge >= 0.3 is 0 Å². The van der Waals surface area contributed by atoms with E-state index in [1.165, 1.54) is 42.5 Å². The van der Waals surface area contributed by atoms with E-state index < -0.39 is 31.1 Å². The molecule has 0 fully saturated rings. The molecule has 2 aromatic carbocycles. The van der Waals surface area contributed by atoms with Gasteiger partial charge in [-0.2, -0.15) is 0 Å². The molecular formula is C17H14Cl2N2O6S4. The molecule has 3 rings (SSSR count). The first-order valence-corrected chi connectivity index (χ1v) is 14.1. The average Bonchev–Trinajstić information content (AvgIpc) is 3.21. The van der Waals surface area contributed by atoms with E-state index in [0.717, 1.165) is 11.3 Å². The molecule has 0 aliphatic rings. The van der Waals surface area contributed by atoms with Crippen molar-refractivity contribution in [2.45, 2.75) is 14.9 Å². The molecule has 3 aromatic rings. The maximum Gasteiger partial charge on any atom is 0.271 e. The van der Waals surface area contributed by atoms with E-state index in [2.05, 4.69) is 9.44 Å². The van der Waals surface area contributed by atoms with Gasteiger partial charge in [0.15, 0.2) is 11.1 Å². The second-order valence-corrected chi connectivity index (χ2v) is 12.4. The van der Waals surface area contributed by atoms with E-state index in [1.54, 1.807) is 11.4 Å². The van der Waals surface area contributed by atoms with Crippen molar-refractivity contribution in [2.24, 2.45) is 0 Å². The van der Waals surface area contributed by atoms with Crippen molar-refractivity contribution in [3.05, 3.63) is 69.5 Å². The topological polar surface area (TPSA) is 130 Å². The molecule has 166 valence electrons. The maximum atomic E-state index is 12.8. The normalized spacial score (nSPS) is 13.0. The van der Waals surface area contributed by atoms with Crippen molar-refractivity contribution in [2.75, 3.05) is 9.44 Å². The summed E-state index contributed by atoms with van der Waals surface area (Å²) in [6, 6.07) is 10.7. The molecule has 0 aliphatic carbocycles. The van der Waals surface area contributed by atoms with Gasteiger partial charge in [-0.15, -0.1) is 11.3 Å². The molecule has 0 saturated carbocycles. The minimum Gasteiger partial charge on any atom is -0.306 e. The predicted octanol–water partition coefficient (Wildman–Crippen LogP) is 4.38. The summed E-state index contributed by atoms with van der Waals surface area (Å²) in [5.74, 6) is -0.144. The average molecular weight is 541 g/mol. The Morgan fingerprint density at radius 2 is 1.45 bits per heavy atom. The Morgan fingerprint density at radius 3 is 1.94 bits per heavy atom. The predicted molar refractivity (Wildman–Crippen MR) is 123 cm³/mol. The monoisotopic (exact) mass is 540 g/mol. The highest BCUT2D eigenvalue weighted by atomic mass is 35.5. The highest BCUT2D eigenvalue weighted by molar-refractivity contribution is 7.94. The molecule has 1 aromatic heterocycles. The number of hydrogen-bond acceptors (Lipinski definition) is 6. The fourth-order valence-corrected chi connectivity index (χ4v) is 6.38. The summed E-state index contributed by atoms with van der Waals surface area (Å²) < 4.78 is 75.2. The Hall–Kier alpha value is -1.67. The van der Waals surface area contributed by atoms with Crippen LogP contribution in [0.5, 0.6) is 0 Å². The molecule has 0 saturated heterocycles. The maximum absolute atomic E-state index is 12.8. The number of sulfonamides is 2. The molecule has 1 heterocycles. The van der Waals surface area contributed by atoms with Crippen LogP contribution < -0.4 is 9.44 Å². The zero-order chi connectivity index (χ0) is 22.8. The van der Waals surface area contributed by atoms with Gasteiger partial charge < -0.3 is 4.55 Å². The Morgan fingerprint density at radius 1 is 0.903 bits per heavy atom. The van der Waals surface area contributed by atoms with Crippen LogP contribution in [0.25, 0.3) is 0 Å². The number of nitrogens with one attached hydrogen (secondary N) is 2. The number of halogens is 2. The van der Waals surface area contributed by atoms with Gasteiger partial charge in [-0.25, -0.2) is 21.0 Å². The lowest BCUT2D eigenvalue weighted by Crippen LogP contribution is -2.17. The second kappa shape index (κ2) is 9.45. The van der Waals surface area contributed by atoms with Crippen molar-refractivity contribution in [1.29, 1.82) is 0 Å². The van der Waals surface area contributed by atoms with Crippen LogP contribution in [-0.2, 0) is 36.9 Å². The van der Waals surface area contributed by atoms with E-state index in [4.69, 9.17) is 27.8 Å². The van der Waals surface area contributed by atoms with Crippen molar-refractivity contribution in [3.63, 3.8) is 0 Å². The first-order valence-electron chi connectivity index (χ1n) is 8.22. The highest BCUT2D eigenvalue weighted by Gasteiger charge is 2.22. The summed E-state index contributed by atoms with van der Waals surface area (Å²) in [5.41, 5.74) is 0.229. The van der Waals surface area contributed by atoms with Gasteiger partial charge in [0.2, 0.25) is 0 Å². The van der Waals surface area contributed by atoms with Crippen LogP contribution in [0.1, 0.15) is 5.56 Å². The Bertz CT molecular complexity index is 1330. The fourth-order valence-electron chi connectivity index (χ4n) is 2.44. The molecule has 3 N–H and O–H groups in total. The number of thiophene rings is 1. The zero-order valence-corrected chi connectivity index (χ0v) is 20.1. The van der Waals surface area contributed by atoms with Gasteiger partial charge in [0.1, 0.15) is 4.21 Å². The third kappa shape index (κ3) is 5.98. The quantitative estimate of drug-likeness (QED) is 0.363. The summed E-state index contributed by atoms with van der Waals surface area (Å²) in [4.78, 5) is -0.141. The Kier molecular flexibility index (Phi) is 7.31. The summed E-state index contributed by atoms with van der Waals surface area (Å²) >= 11 is 10.9. The van der Waals surface area contributed by atoms with E-state index in [-0.39, 0.29) is 36.3 Å². The van der Waals surface area contributed by atoms with E-state index in [9.17, 15) is 21.0 Å². The molecule has 31 heavy (non-hydrogen) atoms. The van der Waals surface area contributed by atoms with Crippen LogP contribution in [0.15, 0.2) is 63.0 Å². The smallest absolute Gasteiger partial charge is 0.271 e. The molecular weight excluding hydrogens is 527 g/mol. The molecule has 1 atom stereocenters. The summed E-state index contributed by atoms with van der Waals surface area (Å²) in [6.45, 7) is 0. The standard InChI is InChI=1S/C17H14Cl2N2O6S4/c18-13-8-15(16(9-14(13)19)21-31(26,27)17-2-1-7-28-17)20-30(24,25)12-5-3-11(4-6-12)10-29(22)23/h1-9,20-21H,10H2,(H,22,23). The Labute approximate surface area is 195 Å². The third-order valence-corrected chi connectivity index (χ3v) is 9.28. The van der Waals surface area contributed by atoms with Crippen LogP contribution in [0.4, 0.5) is 11.4 Å². The largest absolute Gasteiger partial charge is 0.306 e. The van der Waals surface area contributed by atoms with Gasteiger partial charge in [-0.3, -0.25) is 9.44 Å². The minimum atomic E-state index is -4.14. The molecule has 0 spiro atoms. The van der Waals surface area contributed by atoms with E-state index in [1.807, 2.05) is 0 Å². The number of anilines is 2. The van der Waals surface area contributed by atoms with Gasteiger partial charge in [0, 0.05) is 0 Å². The lowest BCUT2D eigenvalue weighted by Gasteiger charge is -2.15. The van der Waals surface area contributed by atoms with Gasteiger partial charge in [0.25, 0.3) is 20.0 Å². The molecule has 1 unspecified atom stereocenters. The van der Waals surface area contributed by atoms with Gasteiger partial charge in [-0.05, 0) is 41.3 Å². The lowest BCUT2D eigenvalue weighted by molar-refractivity contribution is 0.563. The first kappa shape index (κ1) is 24.0. The van der Waals surface area contributed by atoms with E-state index in [0.29, 0.717) is 5.56 Å². The molecule has 8 nitrogen and oxygen atoms in total. The SMILES string of the molecule is O=S(O)Cc1ccc(S(=O)(=O)Nc2cc(Cl)c(Cl)cc2NS(=O)(=O)c2cccs2)cc1. The van der Waals surface area contributed by atoms with Gasteiger partial charge in [-0.1, -0.05) is 41.4 Å². The van der Waals surface area contributed by atoms with Crippen molar-refractivity contribution in [3.8, 4) is 0 Å². The van der Waals surface area contributed by atoms with Crippen LogP contribution >= 0.6 is 34.5 Å². The van der Waals surface area contributed by atoms with Crippen molar-refractivity contribution in [1.82, 2.24) is 0 Å². The zero-order valence-electron chi connectivity index (χ0n) is 15.3. The molecule has 0 amide bonds. The third-order valence-electron chi connectivity index (χ3n) is 3.83. The molecule has 0 radical (unpaired) electrons. The first-order chi connectivity index (χ1) is 14.5. The van der Waals surface area contributed by atoms with E-state index >= 15 is 0 Å². The van der Waals surface area contributed by atoms with Crippen LogP contribution in [0, 0.1) is 0 Å². The van der Waals surface area contributed by atoms with Crippen molar-refractivity contribution >= 4 is 77.0 Å². The van der Waals surface area contributed by atoms with Crippen LogP contribution in [0.2, 0.25) is 10.0 Å². The fraction of sp³-hybridized carbons (Fsp3) is 0.0588. The highest BCUT2D eigenvalue weighted by Crippen LogP contribution is 2.35. The molecule has 0 aliphatic heterocycles. The van der Waals surface area contributed by atoms with Gasteiger partial charge in [0.05, 0.1) is 32.1 Å². The Balaban J connectivity index is 1.95. The van der Waals surface area contributed by atoms with Crippen molar-refractivity contribution < 1.29 is 25.6 Å². The molecule has 0 bridgehead atoms. The molecule has 14 heteroatoms. The van der Waals surface area contributed by atoms with Crippen LogP contribution in [-0.4, -0.2) is 25.6 Å². The lowest BCUT2D eigenvalue weighted by atomic mass is 10.2.